The van der Waals surface area contributed by atoms with Gasteiger partial charge in [-0.1, -0.05) is 60.7 Å². The second-order valence-electron chi connectivity index (χ2n) is 6.55. The van der Waals surface area contributed by atoms with Crippen molar-refractivity contribution < 1.29 is 0 Å². The Morgan fingerprint density at radius 2 is 1.50 bits per heavy atom. The summed E-state index contributed by atoms with van der Waals surface area (Å²) in [6.45, 7) is 4.10. The Morgan fingerprint density at radius 1 is 0.893 bits per heavy atom. The summed E-state index contributed by atoms with van der Waals surface area (Å²) >= 11 is 3.42. The van der Waals surface area contributed by atoms with Crippen LogP contribution in [0.15, 0.2) is 83.6 Å². The van der Waals surface area contributed by atoms with Gasteiger partial charge in [-0.3, -0.25) is 0 Å². The van der Waals surface area contributed by atoms with Gasteiger partial charge in [0.25, 0.3) is 0 Å². The summed E-state index contributed by atoms with van der Waals surface area (Å²) in [6, 6.07) is 24.6. The van der Waals surface area contributed by atoms with E-state index in [9.17, 15) is 0 Å². The fourth-order valence-electron chi connectivity index (χ4n) is 2.73. The first-order chi connectivity index (χ1) is 13.5. The van der Waals surface area contributed by atoms with Crippen LogP contribution >= 0.6 is 15.9 Å². The highest BCUT2D eigenvalue weighted by molar-refractivity contribution is 9.10. The van der Waals surface area contributed by atoms with Gasteiger partial charge in [0.15, 0.2) is 5.65 Å². The number of imidazole rings is 1. The predicted molar refractivity (Wildman–Crippen MR) is 118 cm³/mol. The molecule has 4 aromatic rings. The molecule has 2 atom stereocenters. The molecular weight excluding hydrogens is 414 g/mol. The molecule has 0 bridgehead atoms. The van der Waals surface area contributed by atoms with E-state index in [-0.39, 0.29) is 12.1 Å². The second-order valence-corrected chi connectivity index (χ2v) is 7.36. The smallest absolute Gasteiger partial charge is 0.154 e. The van der Waals surface area contributed by atoms with Crippen molar-refractivity contribution in [3.05, 3.63) is 94.7 Å². The van der Waals surface area contributed by atoms with Crippen LogP contribution in [0.4, 0.5) is 5.82 Å². The first kappa shape index (κ1) is 20.0. The van der Waals surface area contributed by atoms with Crippen molar-refractivity contribution in [2.75, 3.05) is 5.32 Å². The monoisotopic (exact) mass is 437 g/mol. The highest BCUT2D eigenvalue weighted by Gasteiger charge is 2.07. The van der Waals surface area contributed by atoms with Gasteiger partial charge in [0.05, 0.1) is 6.20 Å². The zero-order valence-corrected chi connectivity index (χ0v) is 17.5. The molecule has 5 nitrogen and oxygen atoms in total. The summed E-state index contributed by atoms with van der Waals surface area (Å²) in [5, 5.41) is 7.88. The number of hydrogen-bond donors (Lipinski definition) is 2. The molecular formula is C22H24BrN5. The number of rotatable bonds is 4. The molecule has 0 aliphatic heterocycles. The van der Waals surface area contributed by atoms with Crippen molar-refractivity contribution in [3.63, 3.8) is 0 Å². The van der Waals surface area contributed by atoms with E-state index in [0.717, 1.165) is 16.1 Å². The Hall–Kier alpha value is -2.70. The fourth-order valence-corrected chi connectivity index (χ4v) is 3.09. The number of nitrogens with one attached hydrogen (secondary N) is 1. The third kappa shape index (κ3) is 5.18. The molecule has 2 heterocycles. The van der Waals surface area contributed by atoms with Crippen molar-refractivity contribution in [2.45, 2.75) is 25.9 Å². The number of benzene rings is 2. The molecule has 144 valence electrons. The molecule has 2 aromatic heterocycles. The van der Waals surface area contributed by atoms with Gasteiger partial charge in [0.1, 0.15) is 10.4 Å². The fraction of sp³-hybridized carbons (Fsp3) is 0.182. The van der Waals surface area contributed by atoms with Crippen LogP contribution in [0.1, 0.15) is 37.1 Å². The molecule has 0 spiro atoms. The molecule has 0 aliphatic rings. The van der Waals surface area contributed by atoms with Crippen molar-refractivity contribution in [3.8, 4) is 0 Å². The van der Waals surface area contributed by atoms with Crippen LogP contribution in [0.25, 0.3) is 5.65 Å². The molecule has 28 heavy (non-hydrogen) atoms. The van der Waals surface area contributed by atoms with E-state index >= 15 is 0 Å². The number of aromatic nitrogens is 3. The summed E-state index contributed by atoms with van der Waals surface area (Å²) in [6.07, 6.45) is 1.74. The molecule has 0 fully saturated rings. The Balaban J connectivity index is 0.000000211. The number of anilines is 1. The molecule has 0 saturated heterocycles. The lowest BCUT2D eigenvalue weighted by molar-refractivity contribution is 0.818. The first-order valence-electron chi connectivity index (χ1n) is 9.17. The second kappa shape index (κ2) is 9.48. The largest absolute Gasteiger partial charge is 0.362 e. The van der Waals surface area contributed by atoms with Crippen LogP contribution in [0.3, 0.4) is 0 Å². The van der Waals surface area contributed by atoms with Gasteiger partial charge in [-0.2, -0.15) is 0 Å². The lowest BCUT2D eigenvalue weighted by atomic mass is 10.1. The number of nitrogens with two attached hydrogens (primary N) is 1. The maximum absolute atomic E-state index is 5.61. The standard InChI is InChI=1S/C14H13BrN4.C8H11N/c1-10(11-5-3-2-4-6-11)17-13-7-8-14-16-9-12(15)19(14)18-13;1-7(9)8-5-3-2-4-6-8/h2-10H,1H3,(H,17,18);2-7H,9H2,1H3/t10-;7-/m11/s1. The maximum atomic E-state index is 5.61. The van der Waals surface area contributed by atoms with Gasteiger partial charge in [0, 0.05) is 12.1 Å². The molecule has 4 rings (SSSR count). The van der Waals surface area contributed by atoms with Crippen LogP contribution in [0.5, 0.6) is 0 Å². The van der Waals surface area contributed by atoms with Crippen LogP contribution in [-0.4, -0.2) is 14.6 Å². The quantitative estimate of drug-likeness (QED) is 0.450. The molecule has 0 unspecified atom stereocenters. The number of hydrogen-bond acceptors (Lipinski definition) is 4. The third-order valence-electron chi connectivity index (χ3n) is 4.31. The highest BCUT2D eigenvalue weighted by atomic mass is 79.9. The predicted octanol–water partition coefficient (Wildman–Crippen LogP) is 5.37. The van der Waals surface area contributed by atoms with E-state index in [2.05, 4.69) is 50.4 Å². The average Bonchev–Trinajstić information content (AvgIpc) is 3.10. The molecule has 0 aliphatic carbocycles. The van der Waals surface area contributed by atoms with Crippen molar-refractivity contribution in [1.29, 1.82) is 0 Å². The van der Waals surface area contributed by atoms with Crippen molar-refractivity contribution >= 4 is 27.4 Å². The number of fused-ring (bicyclic) bond motifs is 1. The summed E-state index contributed by atoms with van der Waals surface area (Å²) in [5.41, 5.74) is 8.86. The van der Waals surface area contributed by atoms with E-state index in [4.69, 9.17) is 5.73 Å². The summed E-state index contributed by atoms with van der Waals surface area (Å²) in [5.74, 6) is 0.822. The lowest BCUT2D eigenvalue weighted by Gasteiger charge is -2.14. The topological polar surface area (TPSA) is 68.2 Å². The Kier molecular flexibility index (Phi) is 6.79. The molecule has 0 amide bonds. The first-order valence-corrected chi connectivity index (χ1v) is 9.96. The Bertz CT molecular complexity index is 999. The van der Waals surface area contributed by atoms with E-state index in [0.29, 0.717) is 0 Å². The SMILES string of the molecule is C[C@@H](N)c1ccccc1.C[C@@H](Nc1ccc2ncc(Br)n2n1)c1ccccc1. The molecule has 3 N–H and O–H groups in total. The Labute approximate surface area is 173 Å². The van der Waals surface area contributed by atoms with Crippen molar-refractivity contribution in [2.24, 2.45) is 5.73 Å². The summed E-state index contributed by atoms with van der Waals surface area (Å²) in [7, 11) is 0. The third-order valence-corrected chi connectivity index (χ3v) is 4.85. The van der Waals surface area contributed by atoms with Gasteiger partial charge >= 0.3 is 0 Å². The van der Waals surface area contributed by atoms with Gasteiger partial charge < -0.3 is 11.1 Å². The van der Waals surface area contributed by atoms with E-state index in [1.165, 1.54) is 11.1 Å². The lowest BCUT2D eigenvalue weighted by Crippen LogP contribution is -2.09. The normalized spacial score (nSPS) is 12.7. The average molecular weight is 438 g/mol. The summed E-state index contributed by atoms with van der Waals surface area (Å²) in [4.78, 5) is 4.22. The van der Waals surface area contributed by atoms with Crippen molar-refractivity contribution in [1.82, 2.24) is 14.6 Å². The van der Waals surface area contributed by atoms with Crippen LogP contribution in [0.2, 0.25) is 0 Å². The number of halogens is 1. The molecule has 6 heteroatoms. The van der Waals surface area contributed by atoms with Crippen LogP contribution in [-0.2, 0) is 0 Å². The molecule has 2 aromatic carbocycles. The molecule has 0 radical (unpaired) electrons. The highest BCUT2D eigenvalue weighted by Crippen LogP contribution is 2.19. The van der Waals surface area contributed by atoms with Gasteiger partial charge in [0.2, 0.25) is 0 Å². The van der Waals surface area contributed by atoms with E-state index < -0.39 is 0 Å². The van der Waals surface area contributed by atoms with Gasteiger partial charge in [-0.15, -0.1) is 5.10 Å². The zero-order chi connectivity index (χ0) is 19.9. The molecule has 0 saturated carbocycles. The minimum absolute atomic E-state index is 0.159. The van der Waals surface area contributed by atoms with Gasteiger partial charge in [-0.05, 0) is 53.0 Å². The minimum atomic E-state index is 0.159. The minimum Gasteiger partial charge on any atom is -0.362 e. The van der Waals surface area contributed by atoms with Gasteiger partial charge in [-0.25, -0.2) is 9.50 Å². The van der Waals surface area contributed by atoms with Crippen LogP contribution < -0.4 is 11.1 Å². The Morgan fingerprint density at radius 3 is 2.07 bits per heavy atom. The zero-order valence-electron chi connectivity index (χ0n) is 16.0. The number of nitrogens with zero attached hydrogens (tertiary/aromatic N) is 3. The van der Waals surface area contributed by atoms with Crippen LogP contribution in [0, 0.1) is 0 Å². The van der Waals surface area contributed by atoms with E-state index in [1.54, 1.807) is 10.7 Å². The van der Waals surface area contributed by atoms with E-state index in [1.807, 2.05) is 67.6 Å². The summed E-state index contributed by atoms with van der Waals surface area (Å²) < 4.78 is 2.61. The maximum Gasteiger partial charge on any atom is 0.154 e.